The van der Waals surface area contributed by atoms with Crippen LogP contribution in [0.25, 0.3) is 10.9 Å². The van der Waals surface area contributed by atoms with Crippen molar-refractivity contribution in [3.05, 3.63) is 29.6 Å². The highest BCUT2D eigenvalue weighted by atomic mass is 16.1. The molecule has 0 saturated carbocycles. The molecule has 116 valence electrons. The third kappa shape index (κ3) is 2.74. The number of hydrogen-bond donors (Lipinski definition) is 3. The molecule has 1 aliphatic heterocycles. The molecular formula is C16H21N5O. The fourth-order valence-electron chi connectivity index (χ4n) is 2.93. The minimum Gasteiger partial charge on any atom is -0.366 e. The molecule has 0 bridgehead atoms. The number of aryl methyl sites for hydroxylation is 1. The van der Waals surface area contributed by atoms with Gasteiger partial charge in [0.15, 0.2) is 0 Å². The van der Waals surface area contributed by atoms with E-state index in [1.54, 1.807) is 6.07 Å². The number of hydrogen-bond acceptors (Lipinski definition) is 5. The van der Waals surface area contributed by atoms with Crippen LogP contribution < -0.4 is 16.4 Å². The number of primary amides is 1. The van der Waals surface area contributed by atoms with E-state index in [1.807, 2.05) is 19.1 Å². The van der Waals surface area contributed by atoms with Gasteiger partial charge in [-0.2, -0.15) is 0 Å². The second kappa shape index (κ2) is 5.88. The molecule has 1 aromatic carbocycles. The van der Waals surface area contributed by atoms with Crippen LogP contribution in [0.4, 0.5) is 5.82 Å². The summed E-state index contributed by atoms with van der Waals surface area (Å²) in [4.78, 5) is 20.5. The van der Waals surface area contributed by atoms with Gasteiger partial charge in [-0.05, 0) is 37.9 Å². The van der Waals surface area contributed by atoms with Crippen LogP contribution in [0.15, 0.2) is 18.2 Å². The van der Waals surface area contributed by atoms with Crippen molar-refractivity contribution in [1.29, 1.82) is 0 Å². The van der Waals surface area contributed by atoms with Gasteiger partial charge in [0, 0.05) is 18.0 Å². The smallest absolute Gasteiger partial charge is 0.250 e. The normalized spacial score (nSPS) is 21.7. The summed E-state index contributed by atoms with van der Waals surface area (Å²) in [5.74, 6) is 1.49. The first-order chi connectivity index (χ1) is 10.6. The summed E-state index contributed by atoms with van der Waals surface area (Å²) in [5.41, 5.74) is 6.50. The number of carbonyl (C=O) groups excluding carboxylic acids is 1. The molecule has 1 aromatic heterocycles. The zero-order chi connectivity index (χ0) is 15.7. The standard InChI is InChI=1S/C16H21N5O/c1-9-6-7-18-8-13(9)21-16-12-5-3-4-11(15(17)22)14(12)19-10(2)20-16/h3-5,9,13,18H,6-8H2,1-2H3,(H2,17,22)(H,19,20,21)/t9-,13-/m1/s1. The van der Waals surface area contributed by atoms with E-state index in [2.05, 4.69) is 27.5 Å². The Hall–Kier alpha value is -2.21. The van der Waals surface area contributed by atoms with E-state index >= 15 is 0 Å². The third-order valence-electron chi connectivity index (χ3n) is 4.25. The van der Waals surface area contributed by atoms with Gasteiger partial charge in [0.1, 0.15) is 11.6 Å². The van der Waals surface area contributed by atoms with Crippen LogP contribution >= 0.6 is 0 Å². The van der Waals surface area contributed by atoms with Gasteiger partial charge in [-0.25, -0.2) is 9.97 Å². The Morgan fingerprint density at radius 1 is 1.41 bits per heavy atom. The molecule has 1 saturated heterocycles. The Morgan fingerprint density at radius 2 is 2.23 bits per heavy atom. The summed E-state index contributed by atoms with van der Waals surface area (Å²) >= 11 is 0. The maximum absolute atomic E-state index is 11.6. The van der Waals surface area contributed by atoms with Crippen molar-refractivity contribution in [2.24, 2.45) is 11.7 Å². The van der Waals surface area contributed by atoms with Gasteiger partial charge >= 0.3 is 0 Å². The lowest BCUT2D eigenvalue weighted by atomic mass is 9.94. The number of rotatable bonds is 3. The molecule has 0 radical (unpaired) electrons. The van der Waals surface area contributed by atoms with Gasteiger partial charge in [-0.3, -0.25) is 4.79 Å². The average Bonchev–Trinajstić information content (AvgIpc) is 2.48. The van der Waals surface area contributed by atoms with Gasteiger partial charge in [-0.1, -0.05) is 13.0 Å². The number of amides is 1. The Kier molecular flexibility index (Phi) is 3.94. The van der Waals surface area contributed by atoms with Crippen LogP contribution in [0.5, 0.6) is 0 Å². The van der Waals surface area contributed by atoms with Gasteiger partial charge in [0.2, 0.25) is 0 Å². The number of benzene rings is 1. The second-order valence-corrected chi connectivity index (χ2v) is 5.91. The minimum atomic E-state index is -0.470. The number of nitrogens with zero attached hydrogens (tertiary/aromatic N) is 2. The Balaban J connectivity index is 2.05. The van der Waals surface area contributed by atoms with Crippen LogP contribution in [0.2, 0.25) is 0 Å². The van der Waals surface area contributed by atoms with Crippen LogP contribution in [-0.2, 0) is 0 Å². The molecule has 6 nitrogen and oxygen atoms in total. The van der Waals surface area contributed by atoms with Crippen molar-refractivity contribution >= 4 is 22.6 Å². The molecule has 0 unspecified atom stereocenters. The third-order valence-corrected chi connectivity index (χ3v) is 4.25. The van der Waals surface area contributed by atoms with Crippen molar-refractivity contribution < 1.29 is 4.79 Å². The van der Waals surface area contributed by atoms with Gasteiger partial charge in [0.25, 0.3) is 5.91 Å². The zero-order valence-corrected chi connectivity index (χ0v) is 12.9. The van der Waals surface area contributed by atoms with Gasteiger partial charge < -0.3 is 16.4 Å². The van der Waals surface area contributed by atoms with E-state index in [0.29, 0.717) is 28.9 Å². The predicted molar refractivity (Wildman–Crippen MR) is 86.9 cm³/mol. The topological polar surface area (TPSA) is 92.9 Å². The van der Waals surface area contributed by atoms with Crippen molar-refractivity contribution in [3.8, 4) is 0 Å². The highest BCUT2D eigenvalue weighted by molar-refractivity contribution is 6.07. The summed E-state index contributed by atoms with van der Waals surface area (Å²) < 4.78 is 0. The van der Waals surface area contributed by atoms with E-state index in [0.717, 1.165) is 30.7 Å². The van der Waals surface area contributed by atoms with Crippen LogP contribution in [0.3, 0.4) is 0 Å². The molecule has 4 N–H and O–H groups in total. The van der Waals surface area contributed by atoms with E-state index in [4.69, 9.17) is 5.73 Å². The molecule has 0 aliphatic carbocycles. The molecule has 6 heteroatoms. The van der Waals surface area contributed by atoms with E-state index < -0.39 is 5.91 Å². The molecule has 22 heavy (non-hydrogen) atoms. The van der Waals surface area contributed by atoms with Crippen LogP contribution in [0, 0.1) is 12.8 Å². The zero-order valence-electron chi connectivity index (χ0n) is 12.9. The molecule has 1 aliphatic rings. The molecule has 2 heterocycles. The molecule has 1 amide bonds. The lowest BCUT2D eigenvalue weighted by molar-refractivity contribution is 0.100. The fourth-order valence-corrected chi connectivity index (χ4v) is 2.93. The number of aromatic nitrogens is 2. The quantitative estimate of drug-likeness (QED) is 0.797. The summed E-state index contributed by atoms with van der Waals surface area (Å²) in [6, 6.07) is 5.74. The maximum Gasteiger partial charge on any atom is 0.250 e. The van der Waals surface area contributed by atoms with E-state index in [-0.39, 0.29) is 0 Å². The SMILES string of the molecule is Cc1nc(N[C@@H]2CNCC[C@H]2C)c2cccc(C(N)=O)c2n1. The lowest BCUT2D eigenvalue weighted by Crippen LogP contribution is -2.44. The number of anilines is 1. The predicted octanol–water partition coefficient (Wildman–Crippen LogP) is 1.45. The lowest BCUT2D eigenvalue weighted by Gasteiger charge is -2.31. The van der Waals surface area contributed by atoms with Crippen molar-refractivity contribution in [2.75, 3.05) is 18.4 Å². The number of carbonyl (C=O) groups is 1. The van der Waals surface area contributed by atoms with Crippen LogP contribution in [0.1, 0.15) is 29.5 Å². The minimum absolute atomic E-state index is 0.309. The first kappa shape index (κ1) is 14.7. The first-order valence-electron chi connectivity index (χ1n) is 7.60. The van der Waals surface area contributed by atoms with Crippen molar-refractivity contribution in [1.82, 2.24) is 15.3 Å². The molecule has 2 atom stereocenters. The Morgan fingerprint density at radius 3 is 2.95 bits per heavy atom. The highest BCUT2D eigenvalue weighted by Crippen LogP contribution is 2.25. The molecule has 3 rings (SSSR count). The van der Waals surface area contributed by atoms with E-state index in [9.17, 15) is 4.79 Å². The number of nitrogens with two attached hydrogens (primary N) is 1. The fraction of sp³-hybridized carbons (Fsp3) is 0.438. The number of nitrogens with one attached hydrogen (secondary N) is 2. The first-order valence-corrected chi connectivity index (χ1v) is 7.60. The van der Waals surface area contributed by atoms with Crippen molar-refractivity contribution in [3.63, 3.8) is 0 Å². The maximum atomic E-state index is 11.6. The van der Waals surface area contributed by atoms with Gasteiger partial charge in [-0.15, -0.1) is 0 Å². The average molecular weight is 299 g/mol. The molecule has 0 spiro atoms. The molecule has 2 aromatic rings. The summed E-state index contributed by atoms with van der Waals surface area (Å²) in [7, 11) is 0. The van der Waals surface area contributed by atoms with E-state index in [1.165, 1.54) is 0 Å². The van der Waals surface area contributed by atoms with Crippen LogP contribution in [-0.4, -0.2) is 35.0 Å². The summed E-state index contributed by atoms with van der Waals surface area (Å²) in [6.07, 6.45) is 1.13. The monoisotopic (exact) mass is 299 g/mol. The number of piperidine rings is 1. The second-order valence-electron chi connectivity index (χ2n) is 5.91. The van der Waals surface area contributed by atoms with Gasteiger partial charge in [0.05, 0.1) is 11.1 Å². The number of para-hydroxylation sites is 1. The number of fused-ring (bicyclic) bond motifs is 1. The molecular weight excluding hydrogens is 278 g/mol. The highest BCUT2D eigenvalue weighted by Gasteiger charge is 2.22. The molecule has 1 fully saturated rings. The largest absolute Gasteiger partial charge is 0.366 e. The summed E-state index contributed by atoms with van der Waals surface area (Å²) in [5, 5.41) is 7.75. The van der Waals surface area contributed by atoms with Crippen molar-refractivity contribution in [2.45, 2.75) is 26.3 Å². The Bertz CT molecular complexity index is 715. The summed E-state index contributed by atoms with van der Waals surface area (Å²) in [6.45, 7) is 6.02. The Labute approximate surface area is 129 Å².